The molecule has 0 spiro atoms. The lowest BCUT2D eigenvalue weighted by Crippen LogP contribution is -2.24. The lowest BCUT2D eigenvalue weighted by atomic mass is 10.4. The fourth-order valence-electron chi connectivity index (χ4n) is 1.39. The van der Waals surface area contributed by atoms with Gasteiger partial charge in [-0.3, -0.25) is 4.79 Å². The minimum absolute atomic E-state index is 0.162. The van der Waals surface area contributed by atoms with Gasteiger partial charge in [0.2, 0.25) is 10.0 Å². The molecule has 0 saturated heterocycles. The number of sulfonamides is 1. The zero-order chi connectivity index (χ0) is 15.2. The van der Waals surface area contributed by atoms with E-state index in [0.717, 1.165) is 18.0 Å². The highest BCUT2D eigenvalue weighted by Crippen LogP contribution is 2.17. The maximum Gasteiger partial charge on any atom is 0.313 e. The average molecular weight is 324 g/mol. The van der Waals surface area contributed by atoms with Crippen LogP contribution in [0.5, 0.6) is 0 Å². The van der Waals surface area contributed by atoms with Gasteiger partial charge in [-0.05, 0) is 6.42 Å². The molecule has 0 bridgehead atoms. The average Bonchev–Trinajstić information content (AvgIpc) is 2.73. The van der Waals surface area contributed by atoms with Gasteiger partial charge < -0.3 is 14.8 Å². The van der Waals surface area contributed by atoms with E-state index in [0.29, 0.717) is 23.9 Å². The van der Waals surface area contributed by atoms with Crippen LogP contribution in [-0.2, 0) is 28.0 Å². The van der Waals surface area contributed by atoms with Crippen LogP contribution >= 0.6 is 11.8 Å². The summed E-state index contributed by atoms with van der Waals surface area (Å²) in [4.78, 5) is 10.5. The normalized spacial score (nSPS) is 11.7. The first-order valence-electron chi connectivity index (χ1n) is 5.65. The molecule has 0 aliphatic rings. The molecule has 1 aromatic heterocycles. The van der Waals surface area contributed by atoms with Crippen LogP contribution < -0.4 is 4.72 Å². The smallest absolute Gasteiger partial charge is 0.313 e. The molecule has 1 aromatic rings. The zero-order valence-electron chi connectivity index (χ0n) is 10.8. The van der Waals surface area contributed by atoms with E-state index in [1.165, 1.54) is 0 Å². The van der Waals surface area contributed by atoms with Crippen LogP contribution in [0, 0.1) is 0 Å². The summed E-state index contributed by atoms with van der Waals surface area (Å²) < 4.78 is 25.7. The minimum Gasteiger partial charge on any atom is -0.481 e. The van der Waals surface area contributed by atoms with Crippen LogP contribution in [0.15, 0.2) is 5.16 Å². The standard InChI is InChI=1S/C9H16N4O5S2/c1-20(17,18)10-3-2-4-13-7(5-14)11-12-9(13)19-6-8(15)16/h10,14H,2-6H2,1H3,(H,15,16). The molecule has 0 aliphatic carbocycles. The first-order chi connectivity index (χ1) is 9.33. The van der Waals surface area contributed by atoms with E-state index < -0.39 is 16.0 Å². The van der Waals surface area contributed by atoms with Gasteiger partial charge in [-0.1, -0.05) is 11.8 Å². The fraction of sp³-hybridized carbons (Fsp3) is 0.667. The molecule has 9 nitrogen and oxygen atoms in total. The Bertz CT molecular complexity index is 557. The van der Waals surface area contributed by atoms with Gasteiger partial charge in [0, 0.05) is 13.1 Å². The van der Waals surface area contributed by atoms with Gasteiger partial charge in [0.05, 0.1) is 12.0 Å². The van der Waals surface area contributed by atoms with Crippen LogP contribution in [0.25, 0.3) is 0 Å². The van der Waals surface area contributed by atoms with E-state index >= 15 is 0 Å². The van der Waals surface area contributed by atoms with Crippen molar-refractivity contribution in [2.45, 2.75) is 24.7 Å². The summed E-state index contributed by atoms with van der Waals surface area (Å²) in [5.74, 6) is -0.823. The topological polar surface area (TPSA) is 134 Å². The summed E-state index contributed by atoms with van der Waals surface area (Å²) in [5, 5.41) is 25.7. The van der Waals surface area contributed by atoms with Gasteiger partial charge in [0.15, 0.2) is 11.0 Å². The minimum atomic E-state index is -3.24. The third kappa shape index (κ3) is 5.86. The van der Waals surface area contributed by atoms with Crippen LogP contribution in [-0.4, -0.2) is 57.9 Å². The van der Waals surface area contributed by atoms with Crippen LogP contribution in [0.4, 0.5) is 0 Å². The Labute approximate surface area is 120 Å². The molecule has 0 amide bonds. The van der Waals surface area contributed by atoms with Crippen molar-refractivity contribution in [3.05, 3.63) is 5.82 Å². The third-order valence-electron chi connectivity index (χ3n) is 2.18. The van der Waals surface area contributed by atoms with Crippen LogP contribution in [0.1, 0.15) is 12.2 Å². The van der Waals surface area contributed by atoms with Crippen molar-refractivity contribution in [2.75, 3.05) is 18.6 Å². The summed E-state index contributed by atoms with van der Waals surface area (Å²) in [6, 6.07) is 0. The highest BCUT2D eigenvalue weighted by Gasteiger charge is 2.13. The molecule has 114 valence electrons. The molecule has 0 saturated carbocycles. The van der Waals surface area contributed by atoms with Crippen molar-refractivity contribution in [1.29, 1.82) is 0 Å². The maximum atomic E-state index is 10.9. The molecule has 0 aliphatic heterocycles. The number of aliphatic hydroxyl groups is 1. The molecule has 0 radical (unpaired) electrons. The van der Waals surface area contributed by atoms with Gasteiger partial charge in [0.25, 0.3) is 0 Å². The van der Waals surface area contributed by atoms with E-state index in [1.54, 1.807) is 4.57 Å². The van der Waals surface area contributed by atoms with Crippen molar-refractivity contribution in [2.24, 2.45) is 0 Å². The molecule has 0 unspecified atom stereocenters. The SMILES string of the molecule is CS(=O)(=O)NCCCn1c(CO)nnc1SCC(=O)O. The molecule has 1 rings (SSSR count). The Morgan fingerprint density at radius 2 is 2.15 bits per heavy atom. The van der Waals surface area contributed by atoms with Crippen LogP contribution in [0.3, 0.4) is 0 Å². The van der Waals surface area contributed by atoms with Crippen molar-refractivity contribution in [3.8, 4) is 0 Å². The number of rotatable bonds is 9. The number of hydrogen-bond donors (Lipinski definition) is 3. The van der Waals surface area contributed by atoms with Crippen molar-refractivity contribution < 1.29 is 23.4 Å². The number of aromatic nitrogens is 3. The molecule has 1 heterocycles. The van der Waals surface area contributed by atoms with Gasteiger partial charge in [0.1, 0.15) is 6.61 Å². The number of aliphatic carboxylic acids is 1. The van der Waals surface area contributed by atoms with Crippen molar-refractivity contribution in [1.82, 2.24) is 19.5 Å². The van der Waals surface area contributed by atoms with Crippen molar-refractivity contribution >= 4 is 27.8 Å². The maximum absolute atomic E-state index is 10.9. The van der Waals surface area contributed by atoms with Gasteiger partial charge in [-0.25, -0.2) is 13.1 Å². The second-order valence-corrected chi connectivity index (χ2v) is 6.69. The number of hydrogen-bond acceptors (Lipinski definition) is 7. The first kappa shape index (κ1) is 16.9. The van der Waals surface area contributed by atoms with E-state index in [-0.39, 0.29) is 18.9 Å². The molecule has 20 heavy (non-hydrogen) atoms. The summed E-state index contributed by atoms with van der Waals surface area (Å²) in [7, 11) is -3.24. The number of thioether (sulfide) groups is 1. The monoisotopic (exact) mass is 324 g/mol. The van der Waals surface area contributed by atoms with E-state index in [9.17, 15) is 13.2 Å². The zero-order valence-corrected chi connectivity index (χ0v) is 12.4. The number of nitrogens with zero attached hydrogens (tertiary/aromatic N) is 3. The Balaban J connectivity index is 2.61. The fourth-order valence-corrected chi connectivity index (χ4v) is 2.61. The Morgan fingerprint density at radius 3 is 2.70 bits per heavy atom. The molecule has 0 atom stereocenters. The third-order valence-corrected chi connectivity index (χ3v) is 3.86. The molecular weight excluding hydrogens is 308 g/mol. The van der Waals surface area contributed by atoms with Crippen molar-refractivity contribution in [3.63, 3.8) is 0 Å². The predicted molar refractivity (Wildman–Crippen MR) is 71.8 cm³/mol. The number of nitrogens with one attached hydrogen (secondary N) is 1. The summed E-state index contributed by atoms with van der Waals surface area (Å²) in [5.41, 5.74) is 0. The van der Waals surface area contributed by atoms with Gasteiger partial charge in [-0.15, -0.1) is 10.2 Å². The molecule has 0 aromatic carbocycles. The van der Waals surface area contributed by atoms with Gasteiger partial charge in [-0.2, -0.15) is 0 Å². The molecule has 11 heteroatoms. The van der Waals surface area contributed by atoms with Gasteiger partial charge >= 0.3 is 5.97 Å². The number of carboxylic acids is 1. The largest absolute Gasteiger partial charge is 0.481 e. The Hall–Kier alpha value is -1.17. The van der Waals surface area contributed by atoms with Crippen LogP contribution in [0.2, 0.25) is 0 Å². The van der Waals surface area contributed by atoms with E-state index in [4.69, 9.17) is 10.2 Å². The summed E-state index contributed by atoms with van der Waals surface area (Å²) in [6.45, 7) is 0.304. The number of carboxylic acid groups (broad SMARTS) is 1. The predicted octanol–water partition coefficient (Wildman–Crippen LogP) is -1.11. The lowest BCUT2D eigenvalue weighted by Gasteiger charge is -2.08. The first-order valence-corrected chi connectivity index (χ1v) is 8.53. The highest BCUT2D eigenvalue weighted by molar-refractivity contribution is 7.99. The highest BCUT2D eigenvalue weighted by atomic mass is 32.2. The quantitative estimate of drug-likeness (QED) is 0.384. The lowest BCUT2D eigenvalue weighted by molar-refractivity contribution is -0.133. The summed E-state index contributed by atoms with van der Waals surface area (Å²) >= 11 is 0.995. The van der Waals surface area contributed by atoms with E-state index in [1.807, 2.05) is 0 Å². The molecule has 3 N–H and O–H groups in total. The number of carbonyl (C=O) groups is 1. The molecular formula is C9H16N4O5S2. The Kier molecular flexibility index (Phi) is 6.39. The molecule has 0 fully saturated rings. The second kappa shape index (κ2) is 7.57. The van der Waals surface area contributed by atoms with E-state index in [2.05, 4.69) is 14.9 Å². The second-order valence-electron chi connectivity index (χ2n) is 3.91. The number of aliphatic hydroxyl groups excluding tert-OH is 1. The summed E-state index contributed by atoms with van der Waals surface area (Å²) in [6.07, 6.45) is 1.54. The Morgan fingerprint density at radius 1 is 1.45 bits per heavy atom.